The van der Waals surface area contributed by atoms with E-state index in [1.807, 2.05) is 6.07 Å². The first-order valence-corrected chi connectivity index (χ1v) is 6.66. The van der Waals surface area contributed by atoms with Crippen molar-refractivity contribution < 1.29 is 13.9 Å². The Morgan fingerprint density at radius 1 is 1.21 bits per heavy atom. The fourth-order valence-corrected chi connectivity index (χ4v) is 2.65. The summed E-state index contributed by atoms with van der Waals surface area (Å²) in [6, 6.07) is 3.86. The predicted octanol–water partition coefficient (Wildman–Crippen LogP) is 3.33. The van der Waals surface area contributed by atoms with Crippen molar-refractivity contribution >= 4 is 0 Å². The molecule has 106 valence electrons. The van der Waals surface area contributed by atoms with E-state index >= 15 is 0 Å². The summed E-state index contributed by atoms with van der Waals surface area (Å²) in [5, 5.41) is 3.41. The summed E-state index contributed by atoms with van der Waals surface area (Å²) >= 11 is 0. The van der Waals surface area contributed by atoms with E-state index in [1.165, 1.54) is 0 Å². The summed E-state index contributed by atoms with van der Waals surface area (Å²) in [4.78, 5) is 0. The van der Waals surface area contributed by atoms with Gasteiger partial charge in [0.25, 0.3) is 0 Å². The van der Waals surface area contributed by atoms with Crippen LogP contribution >= 0.6 is 0 Å². The van der Waals surface area contributed by atoms with Gasteiger partial charge in [-0.15, -0.1) is 0 Å². The molecular weight excluding hydrogens is 245 g/mol. The third-order valence-electron chi connectivity index (χ3n) is 3.63. The lowest BCUT2D eigenvalue weighted by Crippen LogP contribution is -2.20. The monoisotopic (exact) mass is 267 g/mol. The van der Waals surface area contributed by atoms with Crippen LogP contribution in [0, 0.1) is 0 Å². The van der Waals surface area contributed by atoms with Crippen LogP contribution in [-0.4, -0.2) is 20.8 Å². The average molecular weight is 267 g/mol. The molecule has 0 radical (unpaired) electrons. The molecule has 1 fully saturated rings. The highest BCUT2D eigenvalue weighted by Crippen LogP contribution is 2.41. The van der Waals surface area contributed by atoms with Crippen LogP contribution in [0.5, 0.6) is 11.5 Å². The Bertz CT molecular complexity index is 448. The molecule has 1 unspecified atom stereocenters. The van der Waals surface area contributed by atoms with Crippen molar-refractivity contribution in [2.45, 2.75) is 38.4 Å². The van der Waals surface area contributed by atoms with E-state index in [9.17, 15) is 4.39 Å². The number of hydrogen-bond acceptors (Lipinski definition) is 3. The van der Waals surface area contributed by atoms with E-state index in [0.717, 1.165) is 24.9 Å². The van der Waals surface area contributed by atoms with Gasteiger partial charge < -0.3 is 14.8 Å². The highest BCUT2D eigenvalue weighted by molar-refractivity contribution is 5.50. The number of methoxy groups -OCH3 is 2. The van der Waals surface area contributed by atoms with Gasteiger partial charge in [-0.1, -0.05) is 0 Å². The Labute approximate surface area is 114 Å². The predicted molar refractivity (Wildman–Crippen MR) is 73.7 cm³/mol. The first-order valence-electron chi connectivity index (χ1n) is 6.66. The molecule has 1 atom stereocenters. The van der Waals surface area contributed by atoms with E-state index in [1.54, 1.807) is 34.1 Å². The van der Waals surface area contributed by atoms with Crippen molar-refractivity contribution in [1.82, 2.24) is 5.32 Å². The van der Waals surface area contributed by atoms with E-state index in [4.69, 9.17) is 9.47 Å². The Balaban J connectivity index is 2.54. The van der Waals surface area contributed by atoms with Crippen LogP contribution in [0.4, 0.5) is 4.39 Å². The van der Waals surface area contributed by atoms with E-state index in [0.29, 0.717) is 17.1 Å². The molecule has 1 aromatic rings. The minimum Gasteiger partial charge on any atom is -0.493 e. The molecule has 1 aromatic carbocycles. The molecule has 0 aromatic heterocycles. The molecule has 1 aliphatic heterocycles. The van der Waals surface area contributed by atoms with Gasteiger partial charge in [0.2, 0.25) is 0 Å². The molecule has 4 heteroatoms. The van der Waals surface area contributed by atoms with Crippen LogP contribution in [0.2, 0.25) is 0 Å². The van der Waals surface area contributed by atoms with Crippen molar-refractivity contribution in [2.75, 3.05) is 20.8 Å². The molecule has 1 saturated heterocycles. The molecule has 0 aliphatic carbocycles. The van der Waals surface area contributed by atoms with Crippen LogP contribution in [0.1, 0.15) is 43.9 Å². The number of rotatable bonds is 4. The second kappa shape index (κ2) is 5.37. The van der Waals surface area contributed by atoms with Gasteiger partial charge in [0.15, 0.2) is 11.5 Å². The maximum Gasteiger partial charge on any atom is 0.161 e. The van der Waals surface area contributed by atoms with Gasteiger partial charge in [0.05, 0.1) is 14.2 Å². The maximum absolute atomic E-state index is 14.5. The summed E-state index contributed by atoms with van der Waals surface area (Å²) in [5.41, 5.74) is 0.242. The fraction of sp³-hybridized carbons (Fsp3) is 0.600. The van der Waals surface area contributed by atoms with Gasteiger partial charge in [-0.2, -0.15) is 0 Å². The van der Waals surface area contributed by atoms with Crippen LogP contribution < -0.4 is 14.8 Å². The smallest absolute Gasteiger partial charge is 0.161 e. The number of halogens is 1. The van der Waals surface area contributed by atoms with Gasteiger partial charge in [0.1, 0.15) is 5.67 Å². The summed E-state index contributed by atoms with van der Waals surface area (Å²) < 4.78 is 25.1. The Morgan fingerprint density at radius 2 is 1.84 bits per heavy atom. The molecule has 19 heavy (non-hydrogen) atoms. The second-order valence-corrected chi connectivity index (χ2v) is 5.42. The lowest BCUT2D eigenvalue weighted by Gasteiger charge is -2.24. The first-order chi connectivity index (χ1) is 8.97. The lowest BCUT2D eigenvalue weighted by molar-refractivity contribution is 0.217. The molecule has 0 saturated carbocycles. The lowest BCUT2D eigenvalue weighted by atomic mass is 9.89. The third-order valence-corrected chi connectivity index (χ3v) is 3.63. The second-order valence-electron chi connectivity index (χ2n) is 5.42. The molecule has 2 rings (SSSR count). The SMILES string of the molecule is COc1cc(C2CCCN2)c(C(C)(C)F)cc1OC. The standard InChI is InChI=1S/C15H22FNO2/c1-15(2,16)11-9-14(19-4)13(18-3)8-10(11)12-6-5-7-17-12/h8-9,12,17H,5-7H2,1-4H3. The highest BCUT2D eigenvalue weighted by Gasteiger charge is 2.29. The topological polar surface area (TPSA) is 30.5 Å². The van der Waals surface area contributed by atoms with Gasteiger partial charge in [-0.25, -0.2) is 4.39 Å². The fourth-order valence-electron chi connectivity index (χ4n) is 2.65. The third kappa shape index (κ3) is 2.84. The number of ether oxygens (including phenoxy) is 2. The van der Waals surface area contributed by atoms with E-state index < -0.39 is 5.67 Å². The zero-order valence-corrected chi connectivity index (χ0v) is 12.0. The van der Waals surface area contributed by atoms with Crippen molar-refractivity contribution in [3.63, 3.8) is 0 Å². The Kier molecular flexibility index (Phi) is 3.99. The number of nitrogens with one attached hydrogen (secondary N) is 1. The largest absolute Gasteiger partial charge is 0.493 e. The van der Waals surface area contributed by atoms with Gasteiger partial charge in [-0.3, -0.25) is 0 Å². The van der Waals surface area contributed by atoms with Crippen LogP contribution in [0.25, 0.3) is 0 Å². The molecule has 1 N–H and O–H groups in total. The molecule has 3 nitrogen and oxygen atoms in total. The molecular formula is C15H22FNO2. The van der Waals surface area contributed by atoms with Crippen molar-refractivity contribution in [3.05, 3.63) is 23.3 Å². The highest BCUT2D eigenvalue weighted by atomic mass is 19.1. The number of benzene rings is 1. The summed E-state index contributed by atoms with van der Waals surface area (Å²) in [5.74, 6) is 1.23. The number of hydrogen-bond donors (Lipinski definition) is 1. The zero-order chi connectivity index (χ0) is 14.0. The van der Waals surface area contributed by atoms with Gasteiger partial charge in [0, 0.05) is 6.04 Å². The van der Waals surface area contributed by atoms with Crippen LogP contribution in [0.3, 0.4) is 0 Å². The van der Waals surface area contributed by atoms with Gasteiger partial charge in [-0.05, 0) is 56.5 Å². The maximum atomic E-state index is 14.5. The average Bonchev–Trinajstić information content (AvgIpc) is 2.89. The minimum absolute atomic E-state index is 0.199. The molecule has 0 spiro atoms. The van der Waals surface area contributed by atoms with Crippen molar-refractivity contribution in [3.8, 4) is 11.5 Å². The van der Waals surface area contributed by atoms with Crippen molar-refractivity contribution in [1.29, 1.82) is 0 Å². The van der Waals surface area contributed by atoms with Gasteiger partial charge >= 0.3 is 0 Å². The summed E-state index contributed by atoms with van der Waals surface area (Å²) in [6.45, 7) is 4.13. The molecule has 1 aliphatic rings. The van der Waals surface area contributed by atoms with Crippen LogP contribution in [-0.2, 0) is 5.67 Å². The van der Waals surface area contributed by atoms with Crippen LogP contribution in [0.15, 0.2) is 12.1 Å². The Morgan fingerprint density at radius 3 is 2.32 bits per heavy atom. The number of alkyl halides is 1. The normalized spacial score (nSPS) is 19.5. The minimum atomic E-state index is -1.40. The Hall–Kier alpha value is -1.29. The zero-order valence-electron chi connectivity index (χ0n) is 12.0. The van der Waals surface area contributed by atoms with E-state index in [-0.39, 0.29) is 6.04 Å². The molecule has 1 heterocycles. The van der Waals surface area contributed by atoms with Crippen molar-refractivity contribution in [2.24, 2.45) is 0 Å². The summed E-state index contributed by atoms with van der Waals surface area (Å²) in [7, 11) is 3.17. The first kappa shape index (κ1) is 14.1. The molecule has 0 amide bonds. The summed E-state index contributed by atoms with van der Waals surface area (Å²) in [6.07, 6.45) is 2.14. The quantitative estimate of drug-likeness (QED) is 0.907. The van der Waals surface area contributed by atoms with E-state index in [2.05, 4.69) is 5.32 Å². The molecule has 0 bridgehead atoms.